The number of aliphatic imine (C=N–C) groups is 1. The van der Waals surface area contributed by atoms with Crippen molar-refractivity contribution in [2.75, 3.05) is 26.7 Å². The fourth-order valence-electron chi connectivity index (χ4n) is 2.01. The quantitative estimate of drug-likeness (QED) is 0.643. The van der Waals surface area contributed by atoms with Gasteiger partial charge in [0.2, 0.25) is 0 Å². The number of thiophene rings is 1. The van der Waals surface area contributed by atoms with Crippen LogP contribution in [0.5, 0.6) is 0 Å². The van der Waals surface area contributed by atoms with Crippen LogP contribution in [0, 0.1) is 0 Å². The third kappa shape index (κ3) is 2.98. The predicted molar refractivity (Wildman–Crippen MR) is 70.2 cm³/mol. The van der Waals surface area contributed by atoms with Gasteiger partial charge in [0.1, 0.15) is 0 Å². The lowest BCUT2D eigenvalue weighted by Gasteiger charge is -2.20. The molecule has 0 aliphatic carbocycles. The van der Waals surface area contributed by atoms with E-state index in [4.69, 9.17) is 0 Å². The number of likely N-dealkylation sites (tertiary alicyclic amines) is 1. The molecule has 0 bridgehead atoms. The maximum absolute atomic E-state index is 4.32. The summed E-state index contributed by atoms with van der Waals surface area (Å²) in [4.78, 5) is 8.10. The zero-order valence-corrected chi connectivity index (χ0v) is 10.6. The monoisotopic (exact) mass is 237 g/mol. The summed E-state index contributed by atoms with van der Waals surface area (Å²) in [5, 5.41) is 5.56. The van der Waals surface area contributed by atoms with Crippen molar-refractivity contribution in [1.82, 2.24) is 10.2 Å². The van der Waals surface area contributed by atoms with Crippen LogP contribution in [0.3, 0.4) is 0 Å². The van der Waals surface area contributed by atoms with Crippen molar-refractivity contribution in [3.8, 4) is 0 Å². The molecular formula is C12H19N3S. The van der Waals surface area contributed by atoms with Crippen LogP contribution in [0.15, 0.2) is 22.5 Å². The van der Waals surface area contributed by atoms with Gasteiger partial charge in [0.15, 0.2) is 5.96 Å². The van der Waals surface area contributed by atoms with Crippen molar-refractivity contribution in [2.45, 2.75) is 19.3 Å². The van der Waals surface area contributed by atoms with Crippen LogP contribution in [0.1, 0.15) is 17.7 Å². The molecule has 1 N–H and O–H groups in total. The van der Waals surface area contributed by atoms with Gasteiger partial charge in [-0.1, -0.05) is 6.07 Å². The van der Waals surface area contributed by atoms with E-state index in [-0.39, 0.29) is 0 Å². The van der Waals surface area contributed by atoms with Crippen LogP contribution in [-0.2, 0) is 6.42 Å². The zero-order valence-electron chi connectivity index (χ0n) is 9.78. The van der Waals surface area contributed by atoms with E-state index in [9.17, 15) is 0 Å². The molecule has 0 atom stereocenters. The Kier molecular flexibility index (Phi) is 4.22. The number of hydrogen-bond acceptors (Lipinski definition) is 2. The number of nitrogens with one attached hydrogen (secondary N) is 1. The molecule has 1 aliphatic rings. The van der Waals surface area contributed by atoms with Gasteiger partial charge in [-0.05, 0) is 30.7 Å². The summed E-state index contributed by atoms with van der Waals surface area (Å²) < 4.78 is 0. The molecule has 1 saturated heterocycles. The Bertz CT molecular complexity index is 326. The summed E-state index contributed by atoms with van der Waals surface area (Å²) in [6.45, 7) is 3.28. The maximum atomic E-state index is 4.32. The van der Waals surface area contributed by atoms with Gasteiger partial charge < -0.3 is 10.2 Å². The molecule has 88 valence electrons. The summed E-state index contributed by atoms with van der Waals surface area (Å²) in [7, 11) is 1.87. The number of rotatable bonds is 3. The minimum absolute atomic E-state index is 0.976. The lowest BCUT2D eigenvalue weighted by molar-refractivity contribution is 0.494. The molecule has 4 heteroatoms. The first-order valence-corrected chi connectivity index (χ1v) is 6.76. The maximum Gasteiger partial charge on any atom is 0.193 e. The molecule has 1 aromatic rings. The molecule has 0 spiro atoms. The van der Waals surface area contributed by atoms with Gasteiger partial charge in [0.25, 0.3) is 0 Å². The Labute approximate surface area is 101 Å². The highest BCUT2D eigenvalue weighted by Crippen LogP contribution is 2.09. The molecule has 0 aromatic carbocycles. The van der Waals surface area contributed by atoms with Gasteiger partial charge in [0.05, 0.1) is 0 Å². The molecule has 16 heavy (non-hydrogen) atoms. The van der Waals surface area contributed by atoms with Crippen LogP contribution in [0.2, 0.25) is 0 Å². The molecule has 0 amide bonds. The molecular weight excluding hydrogens is 218 g/mol. The van der Waals surface area contributed by atoms with E-state index in [0.29, 0.717) is 0 Å². The fourth-order valence-corrected chi connectivity index (χ4v) is 2.72. The number of nitrogens with zero attached hydrogens (tertiary/aromatic N) is 2. The summed E-state index contributed by atoms with van der Waals surface area (Å²) in [6, 6.07) is 4.29. The van der Waals surface area contributed by atoms with Gasteiger partial charge in [-0.25, -0.2) is 0 Å². The second-order valence-corrected chi connectivity index (χ2v) is 5.03. The zero-order chi connectivity index (χ0) is 11.2. The first kappa shape index (κ1) is 11.5. The van der Waals surface area contributed by atoms with E-state index in [1.165, 1.54) is 17.7 Å². The van der Waals surface area contributed by atoms with Gasteiger partial charge in [-0.2, -0.15) is 0 Å². The van der Waals surface area contributed by atoms with Crippen molar-refractivity contribution >= 4 is 17.3 Å². The van der Waals surface area contributed by atoms with E-state index < -0.39 is 0 Å². The predicted octanol–water partition coefficient (Wildman–Crippen LogP) is 1.96. The van der Waals surface area contributed by atoms with Crippen molar-refractivity contribution < 1.29 is 0 Å². The summed E-state index contributed by atoms with van der Waals surface area (Å²) in [5.74, 6) is 1.06. The van der Waals surface area contributed by atoms with Crippen molar-refractivity contribution in [3.63, 3.8) is 0 Å². The minimum atomic E-state index is 0.976. The summed E-state index contributed by atoms with van der Waals surface area (Å²) in [5.41, 5.74) is 0. The highest BCUT2D eigenvalue weighted by Gasteiger charge is 2.14. The number of guanidine groups is 1. The second-order valence-electron chi connectivity index (χ2n) is 4.00. The van der Waals surface area contributed by atoms with Crippen LogP contribution >= 0.6 is 11.3 Å². The van der Waals surface area contributed by atoms with Gasteiger partial charge in [-0.15, -0.1) is 11.3 Å². The van der Waals surface area contributed by atoms with Gasteiger partial charge >= 0.3 is 0 Å². The Morgan fingerprint density at radius 2 is 2.31 bits per heavy atom. The first-order chi connectivity index (χ1) is 7.90. The van der Waals surface area contributed by atoms with Crippen molar-refractivity contribution in [1.29, 1.82) is 0 Å². The van der Waals surface area contributed by atoms with Crippen molar-refractivity contribution in [2.24, 2.45) is 4.99 Å². The van der Waals surface area contributed by atoms with Crippen molar-refractivity contribution in [3.05, 3.63) is 22.4 Å². The summed E-state index contributed by atoms with van der Waals surface area (Å²) >= 11 is 1.82. The lowest BCUT2D eigenvalue weighted by atomic mass is 10.3. The second kappa shape index (κ2) is 5.89. The lowest BCUT2D eigenvalue weighted by Crippen LogP contribution is -2.40. The van der Waals surface area contributed by atoms with E-state index in [1.807, 2.05) is 18.4 Å². The smallest absolute Gasteiger partial charge is 0.193 e. The van der Waals surface area contributed by atoms with E-state index in [0.717, 1.165) is 32.0 Å². The standard InChI is InChI=1S/C12H19N3S/c1-13-12(15-8-2-3-9-15)14-7-6-11-5-4-10-16-11/h4-5,10H,2-3,6-9H2,1H3,(H,13,14). The van der Waals surface area contributed by atoms with Crippen LogP contribution < -0.4 is 5.32 Å². The Morgan fingerprint density at radius 3 is 2.94 bits per heavy atom. The Morgan fingerprint density at radius 1 is 1.50 bits per heavy atom. The SMILES string of the molecule is CN=C(NCCc1cccs1)N1CCCC1. The highest BCUT2D eigenvalue weighted by atomic mass is 32.1. The minimum Gasteiger partial charge on any atom is -0.356 e. The molecule has 2 rings (SSSR count). The topological polar surface area (TPSA) is 27.6 Å². The average molecular weight is 237 g/mol. The molecule has 2 heterocycles. The Hall–Kier alpha value is -1.03. The third-order valence-electron chi connectivity index (χ3n) is 2.85. The highest BCUT2D eigenvalue weighted by molar-refractivity contribution is 7.09. The van der Waals surface area contributed by atoms with E-state index in [2.05, 4.69) is 32.7 Å². The van der Waals surface area contributed by atoms with Crippen LogP contribution in [0.4, 0.5) is 0 Å². The first-order valence-electron chi connectivity index (χ1n) is 5.88. The number of hydrogen-bond donors (Lipinski definition) is 1. The van der Waals surface area contributed by atoms with Gasteiger partial charge in [-0.3, -0.25) is 4.99 Å². The Balaban J connectivity index is 1.75. The van der Waals surface area contributed by atoms with Gasteiger partial charge in [0, 0.05) is 31.6 Å². The molecule has 1 fully saturated rings. The van der Waals surface area contributed by atoms with E-state index >= 15 is 0 Å². The molecule has 1 aromatic heterocycles. The molecule has 3 nitrogen and oxygen atoms in total. The normalized spacial score (nSPS) is 16.8. The molecule has 0 radical (unpaired) electrons. The van der Waals surface area contributed by atoms with Crippen LogP contribution in [-0.4, -0.2) is 37.5 Å². The molecule has 1 aliphatic heterocycles. The van der Waals surface area contributed by atoms with E-state index in [1.54, 1.807) is 0 Å². The average Bonchev–Trinajstić information content (AvgIpc) is 2.96. The van der Waals surface area contributed by atoms with Crippen LogP contribution in [0.25, 0.3) is 0 Å². The molecule has 0 unspecified atom stereocenters. The largest absolute Gasteiger partial charge is 0.356 e. The fraction of sp³-hybridized carbons (Fsp3) is 0.583. The summed E-state index contributed by atoms with van der Waals surface area (Å²) in [6.07, 6.45) is 3.68. The molecule has 0 saturated carbocycles. The third-order valence-corrected chi connectivity index (χ3v) is 3.79.